The topological polar surface area (TPSA) is 58.6 Å². The predicted molar refractivity (Wildman–Crippen MR) is 84.3 cm³/mol. The normalized spacial score (nSPS) is 14.3. The van der Waals surface area contributed by atoms with Crippen molar-refractivity contribution in [3.63, 3.8) is 0 Å². The van der Waals surface area contributed by atoms with E-state index in [1.165, 1.54) is 12.1 Å². The van der Waals surface area contributed by atoms with Gasteiger partial charge in [0.05, 0.1) is 6.61 Å². The van der Waals surface area contributed by atoms with Gasteiger partial charge < -0.3 is 15.2 Å². The third kappa shape index (κ3) is 6.02. The fraction of sp³-hybridized carbons (Fsp3) is 0.588. The van der Waals surface area contributed by atoms with Crippen LogP contribution in [0.5, 0.6) is 0 Å². The Hall–Kier alpha value is -1.62. The Bertz CT molecular complexity index is 525. The first kappa shape index (κ1) is 18.4. The lowest BCUT2D eigenvalue weighted by molar-refractivity contribution is 0.0478. The molecule has 1 amide bonds. The lowest BCUT2D eigenvalue weighted by atomic mass is 9.83. The second-order valence-corrected chi connectivity index (χ2v) is 7.07. The number of hydrogen-bond acceptors (Lipinski definition) is 3. The van der Waals surface area contributed by atoms with Gasteiger partial charge in [-0.3, -0.25) is 0 Å². The summed E-state index contributed by atoms with van der Waals surface area (Å²) in [4.78, 5) is 11.7. The van der Waals surface area contributed by atoms with E-state index < -0.39 is 17.1 Å². The van der Waals surface area contributed by atoms with Crippen LogP contribution in [0.2, 0.25) is 0 Å². The highest BCUT2D eigenvalue weighted by atomic mass is 19.1. The first-order chi connectivity index (χ1) is 10.0. The largest absolute Gasteiger partial charge is 0.444 e. The number of nitrogens with one attached hydrogen (secondary N) is 1. The van der Waals surface area contributed by atoms with Gasteiger partial charge in [0.1, 0.15) is 11.4 Å². The molecular weight excluding hydrogens is 285 g/mol. The first-order valence-corrected chi connectivity index (χ1v) is 7.37. The van der Waals surface area contributed by atoms with E-state index in [1.54, 1.807) is 26.8 Å². The molecule has 1 atom stereocenters. The lowest BCUT2D eigenvalue weighted by Gasteiger charge is -2.29. The Morgan fingerprint density at radius 3 is 2.45 bits per heavy atom. The number of carbonyl (C=O) groups is 1. The van der Waals surface area contributed by atoms with Crippen LogP contribution in [0.1, 0.15) is 38.8 Å². The first-order valence-electron chi connectivity index (χ1n) is 7.37. The molecule has 0 fully saturated rings. The van der Waals surface area contributed by atoms with Gasteiger partial charge in [-0.15, -0.1) is 0 Å². The van der Waals surface area contributed by atoms with Crippen molar-refractivity contribution in [2.24, 2.45) is 5.41 Å². The maximum Gasteiger partial charge on any atom is 0.407 e. The molecule has 0 aliphatic carbocycles. The molecule has 0 spiro atoms. The molecular formula is C17H26FNO3. The van der Waals surface area contributed by atoms with Crippen molar-refractivity contribution >= 4 is 6.09 Å². The van der Waals surface area contributed by atoms with Crippen LogP contribution in [0.4, 0.5) is 9.18 Å². The third-order valence-corrected chi connectivity index (χ3v) is 3.36. The van der Waals surface area contributed by atoms with Gasteiger partial charge in [-0.05, 0) is 57.4 Å². The average molecular weight is 311 g/mol. The van der Waals surface area contributed by atoms with Crippen molar-refractivity contribution in [1.29, 1.82) is 0 Å². The average Bonchev–Trinajstić information content (AvgIpc) is 2.38. The molecule has 5 heteroatoms. The van der Waals surface area contributed by atoms with Gasteiger partial charge in [0, 0.05) is 12.0 Å². The number of aliphatic hydroxyl groups excluding tert-OH is 1. The summed E-state index contributed by atoms with van der Waals surface area (Å²) in [6.45, 7) is 9.25. The maximum atomic E-state index is 13.2. The van der Waals surface area contributed by atoms with E-state index in [0.717, 1.165) is 11.1 Å². The molecule has 0 radical (unpaired) electrons. The number of alkyl carbamates (subject to hydrolysis) is 1. The zero-order valence-electron chi connectivity index (χ0n) is 14.0. The molecule has 0 aliphatic rings. The minimum absolute atomic E-state index is 0.0976. The standard InChI is InChI=1S/C17H26FNO3/c1-12-8-14(18)7-6-13(12)9-17(5,11-20)10-19-15(21)22-16(2,3)4/h6-8,20H,9-11H2,1-5H3,(H,19,21). The van der Waals surface area contributed by atoms with Gasteiger partial charge in [-0.1, -0.05) is 13.0 Å². The number of rotatable bonds is 5. The van der Waals surface area contributed by atoms with Crippen molar-refractivity contribution in [1.82, 2.24) is 5.32 Å². The molecule has 1 aromatic rings. The Labute approximate surface area is 131 Å². The van der Waals surface area contributed by atoms with Gasteiger partial charge in [0.15, 0.2) is 0 Å². The lowest BCUT2D eigenvalue weighted by Crippen LogP contribution is -2.41. The summed E-state index contributed by atoms with van der Waals surface area (Å²) in [5, 5.41) is 12.4. The zero-order valence-corrected chi connectivity index (χ0v) is 14.0. The van der Waals surface area contributed by atoms with Crippen molar-refractivity contribution in [3.05, 3.63) is 35.1 Å². The van der Waals surface area contributed by atoms with Crippen LogP contribution >= 0.6 is 0 Å². The van der Waals surface area contributed by atoms with E-state index in [0.29, 0.717) is 6.42 Å². The van der Waals surface area contributed by atoms with Crippen molar-refractivity contribution in [3.8, 4) is 0 Å². The fourth-order valence-corrected chi connectivity index (χ4v) is 2.09. The number of hydrogen-bond donors (Lipinski definition) is 2. The number of carbonyl (C=O) groups excluding carboxylic acids is 1. The SMILES string of the molecule is Cc1cc(F)ccc1CC(C)(CO)CNC(=O)OC(C)(C)C. The molecule has 1 rings (SSSR count). The molecule has 2 N–H and O–H groups in total. The second-order valence-electron chi connectivity index (χ2n) is 7.07. The van der Waals surface area contributed by atoms with Crippen molar-refractivity contribution in [2.75, 3.05) is 13.2 Å². The van der Waals surface area contributed by atoms with E-state index in [-0.39, 0.29) is 19.0 Å². The second kappa shape index (κ2) is 7.09. The highest BCUT2D eigenvalue weighted by molar-refractivity contribution is 5.67. The molecule has 0 aliphatic heterocycles. The third-order valence-electron chi connectivity index (χ3n) is 3.36. The highest BCUT2D eigenvalue weighted by Gasteiger charge is 2.26. The van der Waals surface area contributed by atoms with Gasteiger partial charge in [0.2, 0.25) is 0 Å². The molecule has 124 valence electrons. The summed E-state index contributed by atoms with van der Waals surface area (Å²) in [6, 6.07) is 4.59. The van der Waals surface area contributed by atoms with Gasteiger partial charge >= 0.3 is 6.09 Å². The quantitative estimate of drug-likeness (QED) is 0.878. The molecule has 0 heterocycles. The molecule has 0 saturated heterocycles. The van der Waals surface area contributed by atoms with Crippen LogP contribution in [0, 0.1) is 18.2 Å². The Morgan fingerprint density at radius 1 is 1.32 bits per heavy atom. The summed E-state index contributed by atoms with van der Waals surface area (Å²) in [5.74, 6) is -0.279. The predicted octanol–water partition coefficient (Wildman–Crippen LogP) is 3.20. The van der Waals surface area contributed by atoms with E-state index in [4.69, 9.17) is 4.74 Å². The van der Waals surface area contributed by atoms with Gasteiger partial charge in [0.25, 0.3) is 0 Å². The van der Waals surface area contributed by atoms with Crippen LogP contribution < -0.4 is 5.32 Å². The van der Waals surface area contributed by atoms with E-state index in [9.17, 15) is 14.3 Å². The monoisotopic (exact) mass is 311 g/mol. The van der Waals surface area contributed by atoms with Crippen LogP contribution in [0.3, 0.4) is 0 Å². The van der Waals surface area contributed by atoms with Crippen LogP contribution in [0.15, 0.2) is 18.2 Å². The summed E-state index contributed by atoms with van der Waals surface area (Å²) in [7, 11) is 0. The molecule has 0 aromatic heterocycles. The van der Waals surface area contributed by atoms with Crippen molar-refractivity contribution < 1.29 is 19.0 Å². The van der Waals surface area contributed by atoms with Gasteiger partial charge in [-0.25, -0.2) is 9.18 Å². The number of amides is 1. The van der Waals surface area contributed by atoms with E-state index in [1.807, 2.05) is 13.8 Å². The summed E-state index contributed by atoms with van der Waals surface area (Å²) in [5.41, 5.74) is 0.674. The number of benzene rings is 1. The molecule has 0 saturated carbocycles. The van der Waals surface area contributed by atoms with E-state index in [2.05, 4.69) is 5.32 Å². The number of aliphatic hydroxyl groups is 1. The smallest absolute Gasteiger partial charge is 0.407 e. The van der Waals surface area contributed by atoms with Crippen LogP contribution in [0.25, 0.3) is 0 Å². The van der Waals surface area contributed by atoms with E-state index >= 15 is 0 Å². The minimum atomic E-state index is -0.562. The summed E-state index contributed by atoms with van der Waals surface area (Å²) < 4.78 is 18.3. The Morgan fingerprint density at radius 2 is 1.95 bits per heavy atom. The number of aryl methyl sites for hydroxylation is 1. The van der Waals surface area contributed by atoms with Crippen molar-refractivity contribution in [2.45, 2.75) is 46.6 Å². The summed E-state index contributed by atoms with van der Waals surface area (Å²) in [6.07, 6.45) is 0.0220. The molecule has 4 nitrogen and oxygen atoms in total. The highest BCUT2D eigenvalue weighted by Crippen LogP contribution is 2.24. The molecule has 22 heavy (non-hydrogen) atoms. The van der Waals surface area contributed by atoms with Crippen LogP contribution in [-0.4, -0.2) is 30.0 Å². The van der Waals surface area contributed by atoms with Gasteiger partial charge in [-0.2, -0.15) is 0 Å². The molecule has 0 bridgehead atoms. The minimum Gasteiger partial charge on any atom is -0.444 e. The number of ether oxygens (including phenoxy) is 1. The zero-order chi connectivity index (χ0) is 17.0. The molecule has 1 unspecified atom stereocenters. The fourth-order valence-electron chi connectivity index (χ4n) is 2.09. The Balaban J connectivity index is 2.70. The number of halogens is 1. The van der Waals surface area contributed by atoms with Crippen LogP contribution in [-0.2, 0) is 11.2 Å². The molecule has 1 aromatic carbocycles. The summed E-state index contributed by atoms with van der Waals surface area (Å²) >= 11 is 0. The Kier molecular flexibility index (Phi) is 5.94. The maximum absolute atomic E-state index is 13.2.